The fourth-order valence-corrected chi connectivity index (χ4v) is 8.39. The Morgan fingerprint density at radius 2 is 1.63 bits per heavy atom. The minimum atomic E-state index is -0.0819. The first-order valence-corrected chi connectivity index (χ1v) is 14.2. The molecule has 0 radical (unpaired) electrons. The molecule has 4 aliphatic rings. The standard InChI is InChI=1S/C29H32ClN3OS/c1-18(2)24-5-3-4-6-25(24)33-27(22-7-9-23(30)10-8-22)31-32-28(33)35-17-26(34)29-14-19-11-20(15-29)13-21(12-19)16-29/h3-10,18-21H,11-17H2,1-2H3. The van der Waals surface area contributed by atoms with Gasteiger partial charge < -0.3 is 0 Å². The quantitative estimate of drug-likeness (QED) is 0.310. The van der Waals surface area contributed by atoms with E-state index in [1.165, 1.54) is 24.8 Å². The number of rotatable bonds is 7. The van der Waals surface area contributed by atoms with Crippen LogP contribution in [0.15, 0.2) is 53.7 Å². The topological polar surface area (TPSA) is 47.8 Å². The van der Waals surface area contributed by atoms with E-state index in [4.69, 9.17) is 11.6 Å². The monoisotopic (exact) mass is 505 g/mol. The van der Waals surface area contributed by atoms with Gasteiger partial charge in [0.1, 0.15) is 5.78 Å². The van der Waals surface area contributed by atoms with Gasteiger partial charge in [0, 0.05) is 16.0 Å². The van der Waals surface area contributed by atoms with Crippen LogP contribution >= 0.6 is 23.4 Å². The van der Waals surface area contributed by atoms with Gasteiger partial charge in [-0.2, -0.15) is 0 Å². The lowest BCUT2D eigenvalue weighted by Crippen LogP contribution is -2.50. The number of aromatic nitrogens is 3. The number of nitrogens with zero attached hydrogens (tertiary/aromatic N) is 3. The van der Waals surface area contributed by atoms with E-state index in [-0.39, 0.29) is 5.41 Å². The molecule has 4 bridgehead atoms. The molecule has 0 aliphatic heterocycles. The van der Waals surface area contributed by atoms with Crippen LogP contribution in [-0.4, -0.2) is 26.3 Å². The van der Waals surface area contributed by atoms with Crippen LogP contribution in [0.25, 0.3) is 17.1 Å². The van der Waals surface area contributed by atoms with Crippen LogP contribution in [0.2, 0.25) is 5.02 Å². The lowest BCUT2D eigenvalue weighted by Gasteiger charge is -2.56. The van der Waals surface area contributed by atoms with Crippen LogP contribution in [0, 0.1) is 23.2 Å². The molecule has 0 N–H and O–H groups in total. The summed E-state index contributed by atoms with van der Waals surface area (Å²) in [5.41, 5.74) is 3.18. The molecule has 182 valence electrons. The summed E-state index contributed by atoms with van der Waals surface area (Å²) in [6.07, 6.45) is 7.38. The second kappa shape index (κ2) is 9.08. The molecule has 4 fully saturated rings. The number of hydrogen-bond acceptors (Lipinski definition) is 4. The Hall–Kier alpha value is -2.11. The van der Waals surface area contributed by atoms with Gasteiger partial charge in [0.05, 0.1) is 11.4 Å². The normalized spacial score (nSPS) is 27.0. The molecule has 6 heteroatoms. The van der Waals surface area contributed by atoms with Crippen LogP contribution < -0.4 is 0 Å². The molecule has 0 atom stereocenters. The van der Waals surface area contributed by atoms with E-state index < -0.39 is 0 Å². The number of ketones is 1. The number of hydrogen-bond donors (Lipinski definition) is 0. The Balaban J connectivity index is 1.34. The Kier molecular flexibility index (Phi) is 6.04. The fraction of sp³-hybridized carbons (Fsp3) is 0.483. The van der Waals surface area contributed by atoms with E-state index in [0.717, 1.165) is 59.2 Å². The molecule has 0 saturated heterocycles. The van der Waals surface area contributed by atoms with Gasteiger partial charge in [-0.25, -0.2) is 0 Å². The smallest absolute Gasteiger partial charge is 0.196 e. The Labute approximate surface area is 216 Å². The highest BCUT2D eigenvalue weighted by molar-refractivity contribution is 7.99. The number of thioether (sulfide) groups is 1. The summed E-state index contributed by atoms with van der Waals surface area (Å²) in [6.45, 7) is 4.41. The van der Waals surface area contributed by atoms with Gasteiger partial charge in [-0.1, -0.05) is 55.4 Å². The Morgan fingerprint density at radius 1 is 1.00 bits per heavy atom. The third kappa shape index (κ3) is 4.25. The number of para-hydroxylation sites is 1. The first-order valence-electron chi connectivity index (χ1n) is 12.9. The first-order chi connectivity index (χ1) is 16.9. The fourth-order valence-electron chi connectivity index (χ4n) is 7.28. The van der Waals surface area contributed by atoms with Crippen LogP contribution in [0.3, 0.4) is 0 Å². The van der Waals surface area contributed by atoms with Crippen molar-refractivity contribution in [3.05, 3.63) is 59.1 Å². The molecule has 0 unspecified atom stereocenters. The van der Waals surface area contributed by atoms with E-state index in [1.807, 2.05) is 24.3 Å². The molecule has 0 amide bonds. The van der Waals surface area contributed by atoms with Gasteiger partial charge >= 0.3 is 0 Å². The first kappa shape index (κ1) is 23.3. The van der Waals surface area contributed by atoms with Crippen LogP contribution in [0.1, 0.15) is 63.9 Å². The van der Waals surface area contributed by atoms with Crippen molar-refractivity contribution in [3.63, 3.8) is 0 Å². The number of Topliss-reactive ketones (excluding diaryl/α,β-unsaturated/α-hetero) is 1. The zero-order chi connectivity index (χ0) is 24.2. The van der Waals surface area contributed by atoms with Crippen molar-refractivity contribution in [2.45, 2.75) is 63.4 Å². The largest absolute Gasteiger partial charge is 0.298 e. The van der Waals surface area contributed by atoms with Crippen molar-refractivity contribution in [1.82, 2.24) is 14.8 Å². The lowest BCUT2D eigenvalue weighted by atomic mass is 9.48. The maximum absolute atomic E-state index is 13.7. The highest BCUT2D eigenvalue weighted by Crippen LogP contribution is 2.60. The zero-order valence-corrected chi connectivity index (χ0v) is 22.0. The minimum Gasteiger partial charge on any atom is -0.298 e. The van der Waals surface area contributed by atoms with E-state index in [2.05, 4.69) is 52.9 Å². The molecule has 4 saturated carbocycles. The van der Waals surface area contributed by atoms with Gasteiger partial charge in [-0.15, -0.1) is 10.2 Å². The van der Waals surface area contributed by atoms with Gasteiger partial charge in [-0.05, 0) is 98.1 Å². The summed E-state index contributed by atoms with van der Waals surface area (Å²) < 4.78 is 2.14. The molecular formula is C29H32ClN3OS. The van der Waals surface area contributed by atoms with Crippen molar-refractivity contribution in [3.8, 4) is 17.1 Å². The predicted molar refractivity (Wildman–Crippen MR) is 142 cm³/mol. The average molecular weight is 506 g/mol. The Bertz CT molecular complexity index is 1210. The van der Waals surface area contributed by atoms with Crippen molar-refractivity contribution < 1.29 is 4.79 Å². The zero-order valence-electron chi connectivity index (χ0n) is 20.4. The highest BCUT2D eigenvalue weighted by atomic mass is 35.5. The molecular weight excluding hydrogens is 474 g/mol. The molecule has 4 nitrogen and oxygen atoms in total. The molecule has 35 heavy (non-hydrogen) atoms. The summed E-state index contributed by atoms with van der Waals surface area (Å²) >= 11 is 7.71. The number of carbonyl (C=O) groups excluding carboxylic acids is 1. The van der Waals surface area contributed by atoms with E-state index >= 15 is 0 Å². The van der Waals surface area contributed by atoms with E-state index in [1.54, 1.807) is 11.8 Å². The number of carbonyl (C=O) groups is 1. The summed E-state index contributed by atoms with van der Waals surface area (Å²) in [5, 5.41) is 10.7. The van der Waals surface area contributed by atoms with Crippen LogP contribution in [0.5, 0.6) is 0 Å². The Morgan fingerprint density at radius 3 is 2.26 bits per heavy atom. The van der Waals surface area contributed by atoms with Gasteiger partial charge in [-0.3, -0.25) is 9.36 Å². The molecule has 7 rings (SSSR count). The van der Waals surface area contributed by atoms with Crippen LogP contribution in [-0.2, 0) is 4.79 Å². The second-order valence-electron chi connectivity index (χ2n) is 11.3. The summed E-state index contributed by atoms with van der Waals surface area (Å²) in [6, 6.07) is 16.2. The van der Waals surface area contributed by atoms with Gasteiger partial charge in [0.2, 0.25) is 0 Å². The summed E-state index contributed by atoms with van der Waals surface area (Å²) in [7, 11) is 0. The van der Waals surface area contributed by atoms with Gasteiger partial charge in [0.15, 0.2) is 11.0 Å². The lowest BCUT2D eigenvalue weighted by molar-refractivity contribution is -0.141. The van der Waals surface area contributed by atoms with E-state index in [0.29, 0.717) is 22.5 Å². The van der Waals surface area contributed by atoms with Crippen molar-refractivity contribution >= 4 is 29.1 Å². The summed E-state index contributed by atoms with van der Waals surface area (Å²) in [4.78, 5) is 13.7. The van der Waals surface area contributed by atoms with Crippen molar-refractivity contribution in [2.75, 3.05) is 5.75 Å². The second-order valence-corrected chi connectivity index (χ2v) is 12.7. The van der Waals surface area contributed by atoms with E-state index in [9.17, 15) is 4.79 Å². The third-order valence-corrected chi connectivity index (χ3v) is 9.68. The predicted octanol–water partition coefficient (Wildman–Crippen LogP) is 7.59. The molecule has 4 aliphatic carbocycles. The van der Waals surface area contributed by atoms with Crippen molar-refractivity contribution in [1.29, 1.82) is 0 Å². The molecule has 2 aromatic carbocycles. The minimum absolute atomic E-state index is 0.0819. The molecule has 1 aromatic heterocycles. The van der Waals surface area contributed by atoms with Gasteiger partial charge in [0.25, 0.3) is 0 Å². The maximum atomic E-state index is 13.7. The molecule has 1 heterocycles. The SMILES string of the molecule is CC(C)c1ccccc1-n1c(SCC(=O)C23CC4CC(CC(C4)C2)C3)nnc1-c1ccc(Cl)cc1. The number of benzene rings is 2. The maximum Gasteiger partial charge on any atom is 0.196 e. The molecule has 0 spiro atoms. The van der Waals surface area contributed by atoms with Crippen LogP contribution in [0.4, 0.5) is 0 Å². The average Bonchev–Trinajstić information content (AvgIpc) is 3.26. The third-order valence-electron chi connectivity index (χ3n) is 8.50. The summed E-state index contributed by atoms with van der Waals surface area (Å²) in [5.74, 6) is 4.34. The highest BCUT2D eigenvalue weighted by Gasteiger charge is 2.54. The van der Waals surface area contributed by atoms with Crippen molar-refractivity contribution in [2.24, 2.45) is 23.2 Å². The number of halogens is 1. The molecule has 3 aromatic rings.